The van der Waals surface area contributed by atoms with E-state index in [1.807, 2.05) is 30.3 Å². The van der Waals surface area contributed by atoms with Crippen LogP contribution in [0.25, 0.3) is 11.1 Å². The molecule has 0 fully saturated rings. The highest BCUT2D eigenvalue weighted by molar-refractivity contribution is 5.93. The molecule has 0 atom stereocenters. The fraction of sp³-hybridized carbons (Fsp3) is 0.0526. The average Bonchev–Trinajstić information content (AvgIpc) is 2.61. The molecule has 3 heteroatoms. The molecule has 0 bridgehead atoms. The van der Waals surface area contributed by atoms with Crippen molar-refractivity contribution >= 4 is 5.91 Å². The molecular weight excluding hydrogens is 272 g/mol. The van der Waals surface area contributed by atoms with Crippen molar-refractivity contribution in [2.75, 3.05) is 0 Å². The molecule has 0 aliphatic heterocycles. The third kappa shape index (κ3) is 3.38. The Morgan fingerprint density at radius 1 is 0.818 bits per heavy atom. The van der Waals surface area contributed by atoms with Crippen LogP contribution in [0.15, 0.2) is 79.1 Å². The van der Waals surface area contributed by atoms with Gasteiger partial charge in [0.2, 0.25) is 0 Å². The minimum absolute atomic E-state index is 0.0884. The van der Waals surface area contributed by atoms with Crippen LogP contribution in [0.1, 0.15) is 15.9 Å². The molecule has 1 heterocycles. The number of rotatable bonds is 4. The van der Waals surface area contributed by atoms with E-state index in [1.54, 1.807) is 24.5 Å². The first kappa shape index (κ1) is 14.0. The molecule has 108 valence electrons. The minimum Gasteiger partial charge on any atom is -0.348 e. The van der Waals surface area contributed by atoms with E-state index < -0.39 is 0 Å². The molecule has 2 aromatic carbocycles. The van der Waals surface area contributed by atoms with E-state index in [2.05, 4.69) is 34.6 Å². The molecule has 1 N–H and O–H groups in total. The Morgan fingerprint density at radius 3 is 2.14 bits per heavy atom. The van der Waals surface area contributed by atoms with E-state index >= 15 is 0 Å². The van der Waals surface area contributed by atoms with Crippen molar-refractivity contribution in [1.29, 1.82) is 0 Å². The summed E-state index contributed by atoms with van der Waals surface area (Å²) in [5, 5.41) is 2.91. The number of hydrogen-bond donors (Lipinski definition) is 1. The molecule has 22 heavy (non-hydrogen) atoms. The second-order valence-electron chi connectivity index (χ2n) is 4.98. The predicted molar refractivity (Wildman–Crippen MR) is 87.3 cm³/mol. The van der Waals surface area contributed by atoms with Crippen LogP contribution in [0.5, 0.6) is 0 Å². The van der Waals surface area contributed by atoms with Crippen LogP contribution in [0.2, 0.25) is 0 Å². The van der Waals surface area contributed by atoms with E-state index in [-0.39, 0.29) is 5.91 Å². The fourth-order valence-corrected chi connectivity index (χ4v) is 2.23. The Morgan fingerprint density at radius 2 is 1.45 bits per heavy atom. The molecule has 3 nitrogen and oxygen atoms in total. The number of amides is 1. The van der Waals surface area contributed by atoms with Gasteiger partial charge in [-0.15, -0.1) is 0 Å². The number of pyridine rings is 1. The monoisotopic (exact) mass is 288 g/mol. The molecule has 0 saturated carbocycles. The van der Waals surface area contributed by atoms with Gasteiger partial charge in [0.1, 0.15) is 0 Å². The maximum absolute atomic E-state index is 12.0. The molecule has 0 aliphatic rings. The van der Waals surface area contributed by atoms with E-state index in [0.717, 1.165) is 5.56 Å². The molecule has 0 radical (unpaired) electrons. The third-order valence-corrected chi connectivity index (χ3v) is 3.46. The smallest absolute Gasteiger partial charge is 0.251 e. The first-order chi connectivity index (χ1) is 10.8. The van der Waals surface area contributed by atoms with Crippen LogP contribution < -0.4 is 5.32 Å². The van der Waals surface area contributed by atoms with Gasteiger partial charge in [-0.3, -0.25) is 9.78 Å². The first-order valence-electron chi connectivity index (χ1n) is 7.15. The Kier molecular flexibility index (Phi) is 4.25. The van der Waals surface area contributed by atoms with Gasteiger partial charge in [0, 0.05) is 24.5 Å². The van der Waals surface area contributed by atoms with Crippen LogP contribution in [-0.4, -0.2) is 10.9 Å². The molecule has 0 unspecified atom stereocenters. The van der Waals surface area contributed by atoms with Crippen LogP contribution in [0.4, 0.5) is 0 Å². The molecule has 0 aliphatic carbocycles. The lowest BCUT2D eigenvalue weighted by Crippen LogP contribution is -2.22. The van der Waals surface area contributed by atoms with Crippen molar-refractivity contribution in [2.24, 2.45) is 0 Å². The highest BCUT2D eigenvalue weighted by Crippen LogP contribution is 2.19. The Labute approximate surface area is 129 Å². The number of aromatic nitrogens is 1. The van der Waals surface area contributed by atoms with Crippen LogP contribution >= 0.6 is 0 Å². The average molecular weight is 288 g/mol. The second-order valence-corrected chi connectivity index (χ2v) is 4.98. The second kappa shape index (κ2) is 6.68. The standard InChI is InChI=1S/C19H16N2O/c22-19(18-10-12-20-13-11-18)21-14-15-6-8-17(9-7-15)16-4-2-1-3-5-16/h1-13H,14H2,(H,21,22). The van der Waals surface area contributed by atoms with Gasteiger partial charge in [0.05, 0.1) is 0 Å². The summed E-state index contributed by atoms with van der Waals surface area (Å²) in [7, 11) is 0. The Balaban J connectivity index is 1.63. The largest absolute Gasteiger partial charge is 0.348 e. The van der Waals surface area contributed by atoms with E-state index in [1.165, 1.54) is 11.1 Å². The van der Waals surface area contributed by atoms with Gasteiger partial charge in [0.15, 0.2) is 0 Å². The zero-order chi connectivity index (χ0) is 15.2. The van der Waals surface area contributed by atoms with Gasteiger partial charge in [0.25, 0.3) is 5.91 Å². The van der Waals surface area contributed by atoms with E-state index in [4.69, 9.17) is 0 Å². The Hall–Kier alpha value is -2.94. The normalized spacial score (nSPS) is 10.2. The topological polar surface area (TPSA) is 42.0 Å². The van der Waals surface area contributed by atoms with Crippen molar-refractivity contribution in [2.45, 2.75) is 6.54 Å². The summed E-state index contributed by atoms with van der Waals surface area (Å²) in [6.07, 6.45) is 3.23. The molecular formula is C19H16N2O. The number of carbonyl (C=O) groups excluding carboxylic acids is 1. The summed E-state index contributed by atoms with van der Waals surface area (Å²) in [6.45, 7) is 0.510. The zero-order valence-electron chi connectivity index (χ0n) is 12.1. The number of benzene rings is 2. The summed E-state index contributed by atoms with van der Waals surface area (Å²) in [6, 6.07) is 21.8. The van der Waals surface area contributed by atoms with Gasteiger partial charge in [-0.1, -0.05) is 54.6 Å². The fourth-order valence-electron chi connectivity index (χ4n) is 2.23. The molecule has 0 saturated heterocycles. The maximum atomic E-state index is 12.0. The first-order valence-corrected chi connectivity index (χ1v) is 7.15. The summed E-state index contributed by atoms with van der Waals surface area (Å²) in [4.78, 5) is 15.9. The number of carbonyl (C=O) groups is 1. The summed E-state index contributed by atoms with van der Waals surface area (Å²) in [5.74, 6) is -0.0884. The van der Waals surface area contributed by atoms with E-state index in [0.29, 0.717) is 12.1 Å². The van der Waals surface area contributed by atoms with Crippen molar-refractivity contribution in [3.05, 3.63) is 90.3 Å². The van der Waals surface area contributed by atoms with Crippen molar-refractivity contribution < 1.29 is 4.79 Å². The molecule has 3 aromatic rings. The van der Waals surface area contributed by atoms with Crippen LogP contribution in [-0.2, 0) is 6.54 Å². The lowest BCUT2D eigenvalue weighted by molar-refractivity contribution is 0.0951. The molecule has 0 spiro atoms. The van der Waals surface area contributed by atoms with Crippen LogP contribution in [0.3, 0.4) is 0 Å². The van der Waals surface area contributed by atoms with E-state index in [9.17, 15) is 4.79 Å². The minimum atomic E-state index is -0.0884. The van der Waals surface area contributed by atoms with Gasteiger partial charge in [-0.2, -0.15) is 0 Å². The van der Waals surface area contributed by atoms with Crippen molar-refractivity contribution in [3.8, 4) is 11.1 Å². The SMILES string of the molecule is O=C(NCc1ccc(-c2ccccc2)cc1)c1ccncc1. The van der Waals surface area contributed by atoms with Crippen molar-refractivity contribution in [1.82, 2.24) is 10.3 Å². The maximum Gasteiger partial charge on any atom is 0.251 e. The number of nitrogens with zero attached hydrogens (tertiary/aromatic N) is 1. The van der Waals surface area contributed by atoms with Gasteiger partial charge in [-0.05, 0) is 28.8 Å². The molecule has 3 rings (SSSR count). The molecule has 1 aromatic heterocycles. The summed E-state index contributed by atoms with van der Waals surface area (Å²) < 4.78 is 0. The lowest BCUT2D eigenvalue weighted by atomic mass is 10.0. The van der Waals surface area contributed by atoms with Gasteiger partial charge < -0.3 is 5.32 Å². The number of hydrogen-bond acceptors (Lipinski definition) is 2. The highest BCUT2D eigenvalue weighted by atomic mass is 16.1. The van der Waals surface area contributed by atoms with Gasteiger partial charge in [-0.25, -0.2) is 0 Å². The highest BCUT2D eigenvalue weighted by Gasteiger charge is 2.04. The molecule has 1 amide bonds. The summed E-state index contributed by atoms with van der Waals surface area (Å²) >= 11 is 0. The van der Waals surface area contributed by atoms with Crippen LogP contribution in [0, 0.1) is 0 Å². The zero-order valence-corrected chi connectivity index (χ0v) is 12.1. The Bertz CT molecular complexity index is 737. The lowest BCUT2D eigenvalue weighted by Gasteiger charge is -2.07. The van der Waals surface area contributed by atoms with Crippen molar-refractivity contribution in [3.63, 3.8) is 0 Å². The summed E-state index contributed by atoms with van der Waals surface area (Å²) in [5.41, 5.74) is 4.05. The quantitative estimate of drug-likeness (QED) is 0.795. The number of nitrogens with one attached hydrogen (secondary N) is 1. The predicted octanol–water partition coefficient (Wildman–Crippen LogP) is 3.68. The van der Waals surface area contributed by atoms with Gasteiger partial charge >= 0.3 is 0 Å². The third-order valence-electron chi connectivity index (χ3n) is 3.46.